The molecule has 1 aromatic heterocycles. The molecule has 0 radical (unpaired) electrons. The van der Waals surface area contributed by atoms with Crippen molar-refractivity contribution < 1.29 is 23.4 Å². The molecule has 8 heteroatoms. The van der Waals surface area contributed by atoms with Gasteiger partial charge in [-0.1, -0.05) is 6.92 Å². The number of ether oxygens (including phenoxy) is 1. The lowest BCUT2D eigenvalue weighted by atomic mass is 9.75. The molecule has 1 aromatic carbocycles. The minimum atomic E-state index is -1.17. The lowest BCUT2D eigenvalue weighted by Crippen LogP contribution is -2.42. The van der Waals surface area contributed by atoms with E-state index in [-0.39, 0.29) is 11.3 Å². The summed E-state index contributed by atoms with van der Waals surface area (Å²) in [5.74, 6) is -0.803. The van der Waals surface area contributed by atoms with Gasteiger partial charge in [0, 0.05) is 25.0 Å². The topological polar surface area (TPSA) is 87.2 Å². The van der Waals surface area contributed by atoms with Crippen LogP contribution in [0.2, 0.25) is 0 Å². The highest BCUT2D eigenvalue weighted by Gasteiger charge is 2.39. The molecule has 1 atom stereocenters. The van der Waals surface area contributed by atoms with Crippen molar-refractivity contribution >= 4 is 6.09 Å². The highest BCUT2D eigenvalue weighted by atomic mass is 19.1. The largest absolute Gasteiger partial charge is 0.465 e. The van der Waals surface area contributed by atoms with Gasteiger partial charge >= 0.3 is 6.09 Å². The first-order valence-electron chi connectivity index (χ1n) is 7.97. The van der Waals surface area contributed by atoms with Gasteiger partial charge in [-0.3, -0.25) is 0 Å². The highest BCUT2D eigenvalue weighted by Crippen LogP contribution is 2.41. The Morgan fingerprint density at radius 2 is 2.12 bits per heavy atom. The van der Waals surface area contributed by atoms with Gasteiger partial charge in [0.25, 0.3) is 0 Å². The maximum absolute atomic E-state index is 14.0. The molecule has 2 aromatic rings. The summed E-state index contributed by atoms with van der Waals surface area (Å²) in [6, 6.07) is 2.51. The minimum Gasteiger partial charge on any atom is -0.465 e. The zero-order valence-electron chi connectivity index (χ0n) is 13.7. The number of aromatic nitrogens is 2. The average molecular weight is 351 g/mol. The van der Waals surface area contributed by atoms with Crippen LogP contribution in [0.4, 0.5) is 13.6 Å². The summed E-state index contributed by atoms with van der Waals surface area (Å²) in [5.41, 5.74) is -0.153. The van der Waals surface area contributed by atoms with E-state index < -0.39 is 29.2 Å². The van der Waals surface area contributed by atoms with Crippen molar-refractivity contribution in [3.05, 3.63) is 41.9 Å². The van der Waals surface area contributed by atoms with Gasteiger partial charge in [0.05, 0.1) is 11.7 Å². The Balaban J connectivity index is 1.96. The molecule has 1 aliphatic rings. The van der Waals surface area contributed by atoms with Crippen LogP contribution in [0.5, 0.6) is 0 Å². The van der Waals surface area contributed by atoms with Crippen molar-refractivity contribution in [1.29, 1.82) is 0 Å². The Morgan fingerprint density at radius 1 is 1.40 bits per heavy atom. The van der Waals surface area contributed by atoms with Crippen LogP contribution in [0.3, 0.4) is 0 Å². The predicted molar refractivity (Wildman–Crippen MR) is 86.0 cm³/mol. The molecular formula is C17H19F2N3O3. The second-order valence-corrected chi connectivity index (χ2v) is 6.44. The molecule has 3 N–H and O–H groups in total. The van der Waals surface area contributed by atoms with Crippen LogP contribution in [0, 0.1) is 17.0 Å². The van der Waals surface area contributed by atoms with Gasteiger partial charge in [0.2, 0.25) is 0 Å². The molecule has 1 fully saturated rings. The molecule has 0 spiro atoms. The van der Waals surface area contributed by atoms with Crippen LogP contribution >= 0.6 is 0 Å². The van der Waals surface area contributed by atoms with Crippen LogP contribution in [0.1, 0.15) is 31.6 Å². The first-order chi connectivity index (χ1) is 11.9. The Kier molecular flexibility index (Phi) is 4.71. The van der Waals surface area contributed by atoms with E-state index in [9.17, 15) is 18.7 Å². The van der Waals surface area contributed by atoms with Crippen molar-refractivity contribution in [2.24, 2.45) is 5.41 Å². The fourth-order valence-corrected chi connectivity index (χ4v) is 3.14. The zero-order valence-corrected chi connectivity index (χ0v) is 13.7. The molecule has 0 saturated carbocycles. The maximum atomic E-state index is 14.0. The first-order valence-corrected chi connectivity index (χ1v) is 7.97. The fraction of sp³-hybridized carbons (Fsp3) is 0.412. The number of H-pyrrole nitrogens is 1. The number of hydrogen-bond acceptors (Lipinski definition) is 3. The van der Waals surface area contributed by atoms with E-state index in [4.69, 9.17) is 4.74 Å². The summed E-state index contributed by atoms with van der Waals surface area (Å²) < 4.78 is 32.7. The second kappa shape index (κ2) is 6.79. The Hall–Kier alpha value is -2.48. The summed E-state index contributed by atoms with van der Waals surface area (Å²) in [5, 5.41) is 11.7. The SMILES string of the molecule is CC1(C(NC(=O)O)c2nc(-c3cc(F)ccc3F)c[nH]2)CCOCC1. The van der Waals surface area contributed by atoms with Gasteiger partial charge in [-0.2, -0.15) is 0 Å². The smallest absolute Gasteiger partial charge is 0.405 e. The summed E-state index contributed by atoms with van der Waals surface area (Å²) >= 11 is 0. The van der Waals surface area contributed by atoms with E-state index in [2.05, 4.69) is 15.3 Å². The number of rotatable bonds is 4. The number of nitrogens with one attached hydrogen (secondary N) is 2. The molecule has 134 valence electrons. The molecule has 2 heterocycles. The third kappa shape index (κ3) is 3.63. The highest BCUT2D eigenvalue weighted by molar-refractivity contribution is 5.65. The van der Waals surface area contributed by atoms with E-state index >= 15 is 0 Å². The molecule has 0 bridgehead atoms. The van der Waals surface area contributed by atoms with Gasteiger partial charge in [-0.15, -0.1) is 0 Å². The lowest BCUT2D eigenvalue weighted by molar-refractivity contribution is 0.00262. The van der Waals surface area contributed by atoms with Crippen molar-refractivity contribution in [3.63, 3.8) is 0 Å². The number of benzene rings is 1. The lowest BCUT2D eigenvalue weighted by Gasteiger charge is -2.39. The van der Waals surface area contributed by atoms with Gasteiger partial charge < -0.3 is 20.1 Å². The Labute approximate surface area is 143 Å². The Morgan fingerprint density at radius 3 is 2.80 bits per heavy atom. The van der Waals surface area contributed by atoms with Crippen molar-refractivity contribution in [3.8, 4) is 11.3 Å². The number of nitrogens with zero attached hydrogens (tertiary/aromatic N) is 1. The van der Waals surface area contributed by atoms with Crippen LogP contribution < -0.4 is 5.32 Å². The van der Waals surface area contributed by atoms with E-state index in [0.717, 1.165) is 18.2 Å². The number of halogens is 2. The number of aromatic amines is 1. The molecule has 1 saturated heterocycles. The number of amides is 1. The number of imidazole rings is 1. The molecular weight excluding hydrogens is 332 g/mol. The molecule has 6 nitrogen and oxygen atoms in total. The predicted octanol–water partition coefficient (Wildman–Crippen LogP) is 3.48. The summed E-state index contributed by atoms with van der Waals surface area (Å²) in [6.07, 6.45) is 1.59. The molecule has 1 aliphatic heterocycles. The van der Waals surface area contributed by atoms with E-state index in [1.165, 1.54) is 6.20 Å². The van der Waals surface area contributed by atoms with Crippen LogP contribution in [0.25, 0.3) is 11.3 Å². The molecule has 3 rings (SSSR count). The normalized spacial score (nSPS) is 17.9. The Bertz CT molecular complexity index is 772. The third-order valence-corrected chi connectivity index (χ3v) is 4.68. The number of carbonyl (C=O) groups is 1. The van der Waals surface area contributed by atoms with Gasteiger partial charge in [0.1, 0.15) is 17.5 Å². The third-order valence-electron chi connectivity index (χ3n) is 4.68. The van der Waals surface area contributed by atoms with Crippen LogP contribution in [0.15, 0.2) is 24.4 Å². The summed E-state index contributed by atoms with van der Waals surface area (Å²) in [6.45, 7) is 3.02. The summed E-state index contributed by atoms with van der Waals surface area (Å²) in [4.78, 5) is 18.5. The van der Waals surface area contributed by atoms with Crippen molar-refractivity contribution in [1.82, 2.24) is 15.3 Å². The molecule has 25 heavy (non-hydrogen) atoms. The maximum Gasteiger partial charge on any atom is 0.405 e. The monoisotopic (exact) mass is 351 g/mol. The quantitative estimate of drug-likeness (QED) is 0.787. The van der Waals surface area contributed by atoms with Crippen LogP contribution in [-0.2, 0) is 4.74 Å². The van der Waals surface area contributed by atoms with Crippen molar-refractivity contribution in [2.45, 2.75) is 25.8 Å². The molecule has 0 aliphatic carbocycles. The second-order valence-electron chi connectivity index (χ2n) is 6.44. The van der Waals surface area contributed by atoms with Crippen molar-refractivity contribution in [2.75, 3.05) is 13.2 Å². The van der Waals surface area contributed by atoms with Crippen LogP contribution in [-0.4, -0.2) is 34.4 Å². The number of hydrogen-bond donors (Lipinski definition) is 3. The van der Waals surface area contributed by atoms with E-state index in [0.29, 0.717) is 31.9 Å². The van der Waals surface area contributed by atoms with E-state index in [1.54, 1.807) is 0 Å². The number of carboxylic acid groups (broad SMARTS) is 1. The molecule has 1 amide bonds. The first kappa shape index (κ1) is 17.3. The zero-order chi connectivity index (χ0) is 18.0. The van der Waals surface area contributed by atoms with Gasteiger partial charge in [0.15, 0.2) is 0 Å². The average Bonchev–Trinajstić information content (AvgIpc) is 3.04. The standard InChI is InChI=1S/C17H19F2N3O3/c1-17(4-6-25-7-5-17)14(22-16(23)24)15-20-9-13(21-15)11-8-10(18)2-3-12(11)19/h2-3,8-9,14,22H,4-7H2,1H3,(H,20,21)(H,23,24). The van der Waals surface area contributed by atoms with Gasteiger partial charge in [-0.25, -0.2) is 18.6 Å². The van der Waals surface area contributed by atoms with Gasteiger partial charge in [-0.05, 0) is 36.5 Å². The minimum absolute atomic E-state index is 0.0219. The summed E-state index contributed by atoms with van der Waals surface area (Å²) in [7, 11) is 0. The fourth-order valence-electron chi connectivity index (χ4n) is 3.14. The molecule has 1 unspecified atom stereocenters. The van der Waals surface area contributed by atoms with E-state index in [1.807, 2.05) is 6.92 Å².